The summed E-state index contributed by atoms with van der Waals surface area (Å²) in [5.74, 6) is 0.401. The Morgan fingerprint density at radius 2 is 1.71 bits per heavy atom. The lowest BCUT2D eigenvalue weighted by Gasteiger charge is -2.15. The van der Waals surface area contributed by atoms with Crippen molar-refractivity contribution in [2.24, 2.45) is 5.73 Å². The van der Waals surface area contributed by atoms with E-state index >= 15 is 0 Å². The molecule has 0 aliphatic heterocycles. The molecule has 4 N–H and O–H groups in total. The smallest absolute Gasteiger partial charge is 0.135 e. The molecule has 0 radical (unpaired) electrons. The molecule has 7 heteroatoms. The fourth-order valence-corrected chi connectivity index (χ4v) is 3.35. The largest absolute Gasteiger partial charge is 0.383 e. The van der Waals surface area contributed by atoms with Crippen molar-refractivity contribution in [2.45, 2.75) is 6.04 Å². The van der Waals surface area contributed by atoms with Crippen molar-refractivity contribution in [2.75, 3.05) is 12.3 Å². The van der Waals surface area contributed by atoms with Gasteiger partial charge in [0.15, 0.2) is 0 Å². The number of anilines is 1. The fraction of sp³-hybridized carbons (Fsp3) is 0.0952. The van der Waals surface area contributed by atoms with E-state index in [2.05, 4.69) is 15.1 Å². The highest BCUT2D eigenvalue weighted by Crippen LogP contribution is 2.34. The van der Waals surface area contributed by atoms with Gasteiger partial charge in [0.25, 0.3) is 0 Å². The first kappa shape index (κ1) is 18.2. The van der Waals surface area contributed by atoms with E-state index in [0.29, 0.717) is 23.1 Å². The average Bonchev–Trinajstić information content (AvgIpc) is 3.20. The molecule has 1 unspecified atom stereocenters. The normalized spacial score (nSPS) is 12.1. The van der Waals surface area contributed by atoms with E-state index in [4.69, 9.17) is 23.1 Å². The Bertz CT molecular complexity index is 1080. The number of hydrogen-bond acceptors (Lipinski definition) is 5. The summed E-state index contributed by atoms with van der Waals surface area (Å²) in [6, 6.07) is 17.4. The first-order valence-corrected chi connectivity index (χ1v) is 9.21. The minimum Gasteiger partial charge on any atom is -0.383 e. The summed E-state index contributed by atoms with van der Waals surface area (Å²) in [5, 5.41) is 5.19. The van der Waals surface area contributed by atoms with Gasteiger partial charge in [0.05, 0.1) is 23.5 Å². The lowest BCUT2D eigenvalue weighted by atomic mass is 10.0. The van der Waals surface area contributed by atoms with Crippen LogP contribution in [0.2, 0.25) is 5.02 Å². The van der Waals surface area contributed by atoms with Crippen LogP contribution in [0.4, 0.5) is 5.82 Å². The molecule has 0 fully saturated rings. The standard InChI is InChI=1S/C21H19ClN6/c22-17-8-6-15(7-9-17)19-20(25-13-26-21(19)24)16-11-27-28(12-16)18(10-23)14-4-2-1-3-5-14/h1-9,11-13,18H,10,23H2,(H2,24,25,26). The second kappa shape index (κ2) is 7.80. The maximum absolute atomic E-state index is 6.18. The van der Waals surface area contributed by atoms with Crippen molar-refractivity contribution in [1.29, 1.82) is 0 Å². The number of aromatic nitrogens is 4. The van der Waals surface area contributed by atoms with E-state index in [1.54, 1.807) is 6.20 Å². The Morgan fingerprint density at radius 1 is 0.964 bits per heavy atom. The SMILES string of the molecule is NCC(c1ccccc1)n1cc(-c2ncnc(N)c2-c2ccc(Cl)cc2)cn1. The summed E-state index contributed by atoms with van der Waals surface area (Å²) >= 11 is 6.02. The van der Waals surface area contributed by atoms with Gasteiger partial charge in [-0.2, -0.15) is 5.10 Å². The molecule has 0 saturated heterocycles. The molecule has 0 aliphatic rings. The highest BCUT2D eigenvalue weighted by molar-refractivity contribution is 6.30. The number of benzene rings is 2. The van der Waals surface area contributed by atoms with Crippen molar-refractivity contribution >= 4 is 17.4 Å². The van der Waals surface area contributed by atoms with Gasteiger partial charge in [-0.3, -0.25) is 4.68 Å². The zero-order valence-electron chi connectivity index (χ0n) is 15.0. The molecule has 1 atom stereocenters. The quantitative estimate of drug-likeness (QED) is 0.540. The van der Waals surface area contributed by atoms with Crippen molar-refractivity contribution in [3.8, 4) is 22.4 Å². The van der Waals surface area contributed by atoms with Gasteiger partial charge in [-0.15, -0.1) is 0 Å². The third-order valence-electron chi connectivity index (χ3n) is 4.61. The molecule has 0 spiro atoms. The topological polar surface area (TPSA) is 95.6 Å². The second-order valence-corrected chi connectivity index (χ2v) is 6.80. The summed E-state index contributed by atoms with van der Waals surface area (Å²) in [7, 11) is 0. The van der Waals surface area contributed by atoms with Crippen LogP contribution in [0.15, 0.2) is 73.3 Å². The van der Waals surface area contributed by atoms with Crippen LogP contribution in [-0.4, -0.2) is 26.3 Å². The lowest BCUT2D eigenvalue weighted by molar-refractivity contribution is 0.532. The van der Waals surface area contributed by atoms with Gasteiger partial charge in [0.2, 0.25) is 0 Å². The van der Waals surface area contributed by atoms with Crippen LogP contribution in [0.25, 0.3) is 22.4 Å². The predicted octanol–water partition coefficient (Wildman–Crippen LogP) is 3.79. The molecule has 0 saturated carbocycles. The predicted molar refractivity (Wildman–Crippen MR) is 112 cm³/mol. The molecule has 4 aromatic rings. The van der Waals surface area contributed by atoms with E-state index < -0.39 is 0 Å². The van der Waals surface area contributed by atoms with Crippen molar-refractivity contribution in [3.63, 3.8) is 0 Å². The third kappa shape index (κ3) is 3.47. The Kier molecular flexibility index (Phi) is 5.06. The number of rotatable bonds is 5. The number of nitrogens with two attached hydrogens (primary N) is 2. The summed E-state index contributed by atoms with van der Waals surface area (Å²) in [6.45, 7) is 0.432. The van der Waals surface area contributed by atoms with Crippen molar-refractivity contribution in [1.82, 2.24) is 19.7 Å². The maximum atomic E-state index is 6.18. The Labute approximate surface area is 167 Å². The van der Waals surface area contributed by atoms with E-state index in [0.717, 1.165) is 22.3 Å². The maximum Gasteiger partial charge on any atom is 0.135 e. The molecule has 2 heterocycles. The van der Waals surface area contributed by atoms with E-state index in [9.17, 15) is 0 Å². The molecular weight excluding hydrogens is 372 g/mol. The zero-order valence-corrected chi connectivity index (χ0v) is 15.8. The number of halogens is 1. The van der Waals surface area contributed by atoms with Gasteiger partial charge in [-0.25, -0.2) is 9.97 Å². The highest BCUT2D eigenvalue weighted by atomic mass is 35.5. The van der Waals surface area contributed by atoms with E-state index in [1.165, 1.54) is 6.33 Å². The summed E-state index contributed by atoms with van der Waals surface area (Å²) in [5.41, 5.74) is 16.5. The lowest BCUT2D eigenvalue weighted by Crippen LogP contribution is -2.20. The van der Waals surface area contributed by atoms with Crippen LogP contribution in [0.1, 0.15) is 11.6 Å². The molecule has 0 aliphatic carbocycles. The van der Waals surface area contributed by atoms with Crippen molar-refractivity contribution < 1.29 is 0 Å². The molecular formula is C21H19ClN6. The molecule has 2 aromatic carbocycles. The Morgan fingerprint density at radius 3 is 2.43 bits per heavy atom. The van der Waals surface area contributed by atoms with Gasteiger partial charge in [0, 0.05) is 23.3 Å². The molecule has 140 valence electrons. The van der Waals surface area contributed by atoms with Gasteiger partial charge < -0.3 is 11.5 Å². The molecule has 6 nitrogen and oxygen atoms in total. The first-order chi connectivity index (χ1) is 13.7. The average molecular weight is 391 g/mol. The summed E-state index contributed by atoms with van der Waals surface area (Å²) in [4.78, 5) is 8.63. The number of nitrogens with zero attached hydrogens (tertiary/aromatic N) is 4. The summed E-state index contributed by atoms with van der Waals surface area (Å²) in [6.07, 6.45) is 5.16. The van der Waals surface area contributed by atoms with Crippen LogP contribution < -0.4 is 11.5 Å². The van der Waals surface area contributed by atoms with Gasteiger partial charge in [-0.1, -0.05) is 54.1 Å². The van der Waals surface area contributed by atoms with Gasteiger partial charge in [-0.05, 0) is 23.3 Å². The molecule has 0 amide bonds. The van der Waals surface area contributed by atoms with E-state index in [1.807, 2.05) is 65.5 Å². The van der Waals surface area contributed by atoms with Crippen LogP contribution >= 0.6 is 11.6 Å². The minimum atomic E-state index is -0.0619. The van der Waals surface area contributed by atoms with E-state index in [-0.39, 0.29) is 6.04 Å². The molecule has 4 rings (SSSR count). The van der Waals surface area contributed by atoms with Crippen LogP contribution in [-0.2, 0) is 0 Å². The van der Waals surface area contributed by atoms with Crippen LogP contribution in [0, 0.1) is 0 Å². The van der Waals surface area contributed by atoms with Gasteiger partial charge in [0.1, 0.15) is 12.1 Å². The number of hydrogen-bond donors (Lipinski definition) is 2. The Hall–Kier alpha value is -3.22. The van der Waals surface area contributed by atoms with Gasteiger partial charge >= 0.3 is 0 Å². The first-order valence-electron chi connectivity index (χ1n) is 8.83. The third-order valence-corrected chi connectivity index (χ3v) is 4.86. The monoisotopic (exact) mass is 390 g/mol. The Balaban J connectivity index is 1.77. The van der Waals surface area contributed by atoms with Crippen LogP contribution in [0.3, 0.4) is 0 Å². The fourth-order valence-electron chi connectivity index (χ4n) is 3.22. The molecule has 2 aromatic heterocycles. The summed E-state index contributed by atoms with van der Waals surface area (Å²) < 4.78 is 1.86. The zero-order chi connectivity index (χ0) is 19.5. The minimum absolute atomic E-state index is 0.0619. The molecule has 28 heavy (non-hydrogen) atoms. The van der Waals surface area contributed by atoms with Crippen molar-refractivity contribution in [3.05, 3.63) is 83.9 Å². The number of nitrogen functional groups attached to an aromatic ring is 1. The molecule has 0 bridgehead atoms. The highest BCUT2D eigenvalue weighted by Gasteiger charge is 2.18. The second-order valence-electron chi connectivity index (χ2n) is 6.36. The van der Waals surface area contributed by atoms with Crippen LogP contribution in [0.5, 0.6) is 0 Å².